The molecule has 0 atom stereocenters. The fourth-order valence-corrected chi connectivity index (χ4v) is 4.02. The third-order valence-corrected chi connectivity index (χ3v) is 5.65. The van der Waals surface area contributed by atoms with E-state index < -0.39 is 10.0 Å². The molecule has 0 unspecified atom stereocenters. The fourth-order valence-electron chi connectivity index (χ4n) is 2.56. The molecule has 1 aliphatic heterocycles. The standard InChI is InChI=1S/C16H23N3O4S/c1-4-19(10-16(21)17-11(2)3)24(22,23)13-6-7-14-12(9-13)5-8-15(20)18-14/h6-7,9,11H,4-5,8,10H2,1-3H3,(H,17,21)(H,18,20). The average Bonchev–Trinajstić information content (AvgIpc) is 2.51. The number of likely N-dealkylation sites (N-methyl/N-ethyl adjacent to an activating group) is 1. The first-order chi connectivity index (χ1) is 11.2. The van der Waals surface area contributed by atoms with Gasteiger partial charge in [0.05, 0.1) is 11.4 Å². The van der Waals surface area contributed by atoms with Gasteiger partial charge < -0.3 is 10.6 Å². The van der Waals surface area contributed by atoms with Crippen molar-refractivity contribution in [2.75, 3.05) is 18.4 Å². The van der Waals surface area contributed by atoms with Crippen LogP contribution in [0, 0.1) is 0 Å². The number of amides is 2. The van der Waals surface area contributed by atoms with Crippen LogP contribution in [0.25, 0.3) is 0 Å². The summed E-state index contributed by atoms with van der Waals surface area (Å²) in [6, 6.07) is 4.59. The van der Waals surface area contributed by atoms with Gasteiger partial charge in [0.1, 0.15) is 0 Å². The first-order valence-electron chi connectivity index (χ1n) is 7.96. The van der Waals surface area contributed by atoms with Gasteiger partial charge in [-0.2, -0.15) is 4.31 Å². The van der Waals surface area contributed by atoms with Crippen molar-refractivity contribution in [2.45, 2.75) is 44.6 Å². The van der Waals surface area contributed by atoms with Crippen molar-refractivity contribution in [3.05, 3.63) is 23.8 Å². The van der Waals surface area contributed by atoms with E-state index in [1.54, 1.807) is 19.1 Å². The van der Waals surface area contributed by atoms with Gasteiger partial charge in [0.2, 0.25) is 21.8 Å². The molecule has 8 heteroatoms. The number of benzene rings is 1. The summed E-state index contributed by atoms with van der Waals surface area (Å²) < 4.78 is 26.7. The highest BCUT2D eigenvalue weighted by Crippen LogP contribution is 2.26. The van der Waals surface area contributed by atoms with Crippen molar-refractivity contribution in [3.63, 3.8) is 0 Å². The van der Waals surface area contributed by atoms with E-state index in [-0.39, 0.29) is 35.8 Å². The van der Waals surface area contributed by atoms with Crippen molar-refractivity contribution in [1.29, 1.82) is 0 Å². The van der Waals surface area contributed by atoms with Crippen LogP contribution in [0.5, 0.6) is 0 Å². The molecular weight excluding hydrogens is 330 g/mol. The molecule has 0 radical (unpaired) electrons. The second-order valence-corrected chi connectivity index (χ2v) is 7.96. The molecule has 24 heavy (non-hydrogen) atoms. The Hall–Kier alpha value is -1.93. The molecule has 0 fully saturated rings. The van der Waals surface area contributed by atoms with Gasteiger partial charge in [-0.05, 0) is 44.0 Å². The molecule has 2 N–H and O–H groups in total. The second kappa shape index (κ2) is 7.31. The van der Waals surface area contributed by atoms with Crippen LogP contribution >= 0.6 is 0 Å². The summed E-state index contributed by atoms with van der Waals surface area (Å²) in [6.07, 6.45) is 0.843. The zero-order chi connectivity index (χ0) is 17.9. The lowest BCUT2D eigenvalue weighted by molar-refractivity contribution is -0.121. The van der Waals surface area contributed by atoms with Gasteiger partial charge in [-0.1, -0.05) is 6.92 Å². The van der Waals surface area contributed by atoms with Crippen LogP contribution < -0.4 is 10.6 Å². The third kappa shape index (κ3) is 4.12. The number of fused-ring (bicyclic) bond motifs is 1. The Morgan fingerprint density at radius 3 is 2.67 bits per heavy atom. The number of hydrogen-bond donors (Lipinski definition) is 2. The largest absolute Gasteiger partial charge is 0.353 e. The van der Waals surface area contributed by atoms with Crippen LogP contribution in [0.4, 0.5) is 5.69 Å². The quantitative estimate of drug-likeness (QED) is 0.801. The topological polar surface area (TPSA) is 95.6 Å². The molecule has 2 rings (SSSR count). The molecule has 0 saturated carbocycles. The third-order valence-electron chi connectivity index (χ3n) is 3.73. The number of hydrogen-bond acceptors (Lipinski definition) is 4. The van der Waals surface area contributed by atoms with E-state index in [0.29, 0.717) is 18.5 Å². The Labute approximate surface area is 142 Å². The van der Waals surface area contributed by atoms with E-state index in [2.05, 4.69) is 10.6 Å². The van der Waals surface area contributed by atoms with Gasteiger partial charge in [0, 0.05) is 24.7 Å². The van der Waals surface area contributed by atoms with E-state index in [4.69, 9.17) is 0 Å². The molecule has 0 saturated heterocycles. The number of aryl methyl sites for hydroxylation is 1. The predicted molar refractivity (Wildman–Crippen MR) is 91.1 cm³/mol. The number of anilines is 1. The minimum atomic E-state index is -3.77. The van der Waals surface area contributed by atoms with Crippen molar-refractivity contribution < 1.29 is 18.0 Å². The lowest BCUT2D eigenvalue weighted by Crippen LogP contribution is -2.42. The molecule has 1 aromatic rings. The van der Waals surface area contributed by atoms with Crippen molar-refractivity contribution in [2.24, 2.45) is 0 Å². The Balaban J connectivity index is 2.24. The van der Waals surface area contributed by atoms with Gasteiger partial charge in [-0.25, -0.2) is 8.42 Å². The van der Waals surface area contributed by atoms with Crippen molar-refractivity contribution >= 4 is 27.5 Å². The van der Waals surface area contributed by atoms with E-state index in [9.17, 15) is 18.0 Å². The maximum Gasteiger partial charge on any atom is 0.243 e. The summed E-state index contributed by atoms with van der Waals surface area (Å²) in [5, 5.41) is 5.42. The average molecular weight is 353 g/mol. The first-order valence-corrected chi connectivity index (χ1v) is 9.40. The Morgan fingerprint density at radius 1 is 1.33 bits per heavy atom. The molecule has 0 aromatic heterocycles. The number of nitrogens with zero attached hydrogens (tertiary/aromatic N) is 1. The number of carbonyl (C=O) groups excluding carboxylic acids is 2. The highest BCUT2D eigenvalue weighted by Gasteiger charge is 2.27. The van der Waals surface area contributed by atoms with Crippen LogP contribution in [-0.4, -0.2) is 43.7 Å². The molecular formula is C16H23N3O4S. The normalized spacial score (nSPS) is 14.5. The van der Waals surface area contributed by atoms with E-state index >= 15 is 0 Å². The van der Waals surface area contributed by atoms with Gasteiger partial charge in [0.25, 0.3) is 0 Å². The highest BCUT2D eigenvalue weighted by atomic mass is 32.2. The summed E-state index contributed by atoms with van der Waals surface area (Å²) in [5.41, 5.74) is 1.43. The molecule has 0 aliphatic carbocycles. The summed E-state index contributed by atoms with van der Waals surface area (Å²) in [6.45, 7) is 5.31. The van der Waals surface area contributed by atoms with Crippen LogP contribution in [0.2, 0.25) is 0 Å². The molecule has 1 aliphatic rings. The van der Waals surface area contributed by atoms with E-state index in [1.807, 2.05) is 13.8 Å². The smallest absolute Gasteiger partial charge is 0.243 e. The first kappa shape index (κ1) is 18.4. The number of nitrogens with one attached hydrogen (secondary N) is 2. The van der Waals surface area contributed by atoms with Gasteiger partial charge in [-0.3, -0.25) is 9.59 Å². The van der Waals surface area contributed by atoms with Crippen molar-refractivity contribution in [3.8, 4) is 0 Å². The maximum atomic E-state index is 12.8. The number of carbonyl (C=O) groups is 2. The number of sulfonamides is 1. The Bertz CT molecular complexity index is 744. The minimum absolute atomic E-state index is 0.0498. The maximum absolute atomic E-state index is 12.8. The zero-order valence-electron chi connectivity index (χ0n) is 14.1. The monoisotopic (exact) mass is 353 g/mol. The molecule has 132 valence electrons. The molecule has 0 spiro atoms. The minimum Gasteiger partial charge on any atom is -0.353 e. The highest BCUT2D eigenvalue weighted by molar-refractivity contribution is 7.89. The lowest BCUT2D eigenvalue weighted by Gasteiger charge is -2.22. The van der Waals surface area contributed by atoms with E-state index in [0.717, 1.165) is 9.87 Å². The molecule has 7 nitrogen and oxygen atoms in total. The predicted octanol–water partition coefficient (Wildman–Crippen LogP) is 1.11. The zero-order valence-corrected chi connectivity index (χ0v) is 14.9. The van der Waals surface area contributed by atoms with Crippen LogP contribution in [0.1, 0.15) is 32.8 Å². The van der Waals surface area contributed by atoms with Crippen LogP contribution in [0.3, 0.4) is 0 Å². The lowest BCUT2D eigenvalue weighted by atomic mass is 10.0. The SMILES string of the molecule is CCN(CC(=O)NC(C)C)S(=O)(=O)c1ccc2c(c1)CCC(=O)N2. The summed E-state index contributed by atoms with van der Waals surface area (Å²) >= 11 is 0. The van der Waals surface area contributed by atoms with Crippen molar-refractivity contribution in [1.82, 2.24) is 9.62 Å². The summed E-state index contributed by atoms with van der Waals surface area (Å²) in [7, 11) is -3.77. The molecule has 2 amide bonds. The summed E-state index contributed by atoms with van der Waals surface area (Å²) in [4.78, 5) is 23.4. The Morgan fingerprint density at radius 2 is 2.04 bits per heavy atom. The molecule has 0 bridgehead atoms. The Kier molecular flexibility index (Phi) is 5.61. The van der Waals surface area contributed by atoms with Gasteiger partial charge >= 0.3 is 0 Å². The fraction of sp³-hybridized carbons (Fsp3) is 0.500. The van der Waals surface area contributed by atoms with Crippen LogP contribution in [-0.2, 0) is 26.0 Å². The summed E-state index contributed by atoms with van der Waals surface area (Å²) in [5.74, 6) is -0.403. The second-order valence-electron chi connectivity index (χ2n) is 6.02. The molecule has 1 heterocycles. The van der Waals surface area contributed by atoms with E-state index in [1.165, 1.54) is 6.07 Å². The number of rotatable bonds is 6. The molecule has 1 aromatic carbocycles. The van der Waals surface area contributed by atoms with Gasteiger partial charge in [-0.15, -0.1) is 0 Å². The van der Waals surface area contributed by atoms with Gasteiger partial charge in [0.15, 0.2) is 0 Å². The van der Waals surface area contributed by atoms with Crippen LogP contribution in [0.15, 0.2) is 23.1 Å².